The molecule has 0 bridgehead atoms. The van der Waals surface area contributed by atoms with E-state index >= 15 is 0 Å². The van der Waals surface area contributed by atoms with Crippen LogP contribution in [0.3, 0.4) is 0 Å². The maximum Gasteiger partial charge on any atom is 0.254 e. The van der Waals surface area contributed by atoms with Gasteiger partial charge in [0.05, 0.1) is 11.3 Å². The van der Waals surface area contributed by atoms with E-state index in [-0.39, 0.29) is 28.3 Å². The molecule has 9 heteroatoms. The molecule has 0 aliphatic rings. The summed E-state index contributed by atoms with van der Waals surface area (Å²) >= 11 is 16.7. The van der Waals surface area contributed by atoms with Crippen molar-refractivity contribution in [2.45, 2.75) is 10.7 Å². The third kappa shape index (κ3) is 3.53. The number of carbonyl (C=O) groups excluding carboxylic acids is 2. The van der Waals surface area contributed by atoms with Crippen LogP contribution in [0.5, 0.6) is 0 Å². The molecule has 0 spiro atoms. The van der Waals surface area contributed by atoms with Crippen LogP contribution in [-0.2, 0) is 0 Å². The van der Waals surface area contributed by atoms with Crippen molar-refractivity contribution in [1.82, 2.24) is 10.1 Å². The molecular formula is C17H10Cl3FN2O3. The summed E-state index contributed by atoms with van der Waals surface area (Å²) in [7, 11) is 0. The zero-order valence-corrected chi connectivity index (χ0v) is 15.4. The van der Waals surface area contributed by atoms with Crippen molar-refractivity contribution in [2.24, 2.45) is 0 Å². The van der Waals surface area contributed by atoms with Gasteiger partial charge in [-0.1, -0.05) is 40.0 Å². The number of aromatic amines is 1. The van der Waals surface area contributed by atoms with Crippen molar-refractivity contribution in [3.63, 3.8) is 0 Å². The molecule has 0 unspecified atom stereocenters. The molecule has 3 aromatic rings. The predicted octanol–water partition coefficient (Wildman–Crippen LogP) is 4.90. The number of hydrogen-bond acceptors (Lipinski definition) is 4. The van der Waals surface area contributed by atoms with Crippen LogP contribution in [0, 0.1) is 12.7 Å². The van der Waals surface area contributed by atoms with Gasteiger partial charge in [-0.15, -0.1) is 0 Å². The second kappa shape index (κ2) is 6.87. The average Bonchev–Trinajstić information content (AvgIpc) is 3.20. The molecule has 2 heterocycles. The predicted molar refractivity (Wildman–Crippen MR) is 95.5 cm³/mol. The van der Waals surface area contributed by atoms with Crippen LogP contribution in [0.2, 0.25) is 0 Å². The average molecular weight is 416 g/mol. The molecule has 0 amide bonds. The first kappa shape index (κ1) is 18.6. The minimum Gasteiger partial charge on any atom is -0.360 e. The summed E-state index contributed by atoms with van der Waals surface area (Å²) in [4.78, 5) is 27.5. The molecule has 134 valence electrons. The fourth-order valence-corrected chi connectivity index (χ4v) is 2.70. The fourth-order valence-electron chi connectivity index (χ4n) is 2.40. The van der Waals surface area contributed by atoms with E-state index in [2.05, 4.69) is 10.1 Å². The van der Waals surface area contributed by atoms with Gasteiger partial charge in [0, 0.05) is 17.3 Å². The molecule has 2 aromatic heterocycles. The van der Waals surface area contributed by atoms with Crippen LogP contribution in [0.25, 0.3) is 11.3 Å². The van der Waals surface area contributed by atoms with Crippen LogP contribution >= 0.6 is 34.8 Å². The number of benzene rings is 1. The molecule has 0 aliphatic carbocycles. The lowest BCUT2D eigenvalue weighted by Gasteiger charge is -2.06. The van der Waals surface area contributed by atoms with Gasteiger partial charge >= 0.3 is 0 Å². The van der Waals surface area contributed by atoms with E-state index in [0.717, 1.165) is 0 Å². The Balaban J connectivity index is 1.99. The standard InChI is InChI=1S/C17H10Cl3FN2O3/c1-8-13(14(23-26-8)9-2-4-11(21)5-3-9)15(24)10-6-12(22-7-10)16(25)17(18,19)20/h2-7,22H,1H3. The first-order chi connectivity index (χ1) is 12.2. The van der Waals surface area contributed by atoms with Crippen LogP contribution in [0.1, 0.15) is 32.2 Å². The molecule has 0 radical (unpaired) electrons. The highest BCUT2D eigenvalue weighted by Gasteiger charge is 2.33. The number of nitrogens with one attached hydrogen (secondary N) is 1. The highest BCUT2D eigenvalue weighted by molar-refractivity contribution is 6.77. The maximum atomic E-state index is 13.1. The topological polar surface area (TPSA) is 76.0 Å². The molecule has 1 N–H and O–H groups in total. The van der Waals surface area contributed by atoms with Gasteiger partial charge in [0.2, 0.25) is 5.78 Å². The van der Waals surface area contributed by atoms with E-state index < -0.39 is 21.2 Å². The molecular weight excluding hydrogens is 406 g/mol. The minimum absolute atomic E-state index is 0.0224. The Morgan fingerprint density at radius 1 is 1.19 bits per heavy atom. The van der Waals surface area contributed by atoms with Crippen LogP contribution < -0.4 is 0 Å². The zero-order valence-electron chi connectivity index (χ0n) is 13.1. The second-order valence-electron chi connectivity index (χ2n) is 5.43. The Morgan fingerprint density at radius 2 is 1.85 bits per heavy atom. The summed E-state index contributed by atoms with van der Waals surface area (Å²) in [6.07, 6.45) is 1.33. The van der Waals surface area contributed by atoms with Crippen LogP contribution in [0.4, 0.5) is 4.39 Å². The Hall–Kier alpha value is -2.15. The molecule has 0 aliphatic heterocycles. The lowest BCUT2D eigenvalue weighted by molar-refractivity contribution is 0.0992. The van der Waals surface area contributed by atoms with Crippen molar-refractivity contribution in [1.29, 1.82) is 0 Å². The quantitative estimate of drug-likeness (QED) is 0.486. The third-order valence-corrected chi connectivity index (χ3v) is 4.17. The highest BCUT2D eigenvalue weighted by atomic mass is 35.6. The normalized spacial score (nSPS) is 11.6. The van der Waals surface area contributed by atoms with Gasteiger partial charge in [0.25, 0.3) is 3.79 Å². The lowest BCUT2D eigenvalue weighted by atomic mass is 9.99. The molecule has 3 rings (SSSR count). The van der Waals surface area contributed by atoms with E-state index in [1.54, 1.807) is 6.92 Å². The fraction of sp³-hybridized carbons (Fsp3) is 0.118. The van der Waals surface area contributed by atoms with Crippen molar-refractivity contribution in [3.05, 3.63) is 64.9 Å². The third-order valence-electron chi connectivity index (χ3n) is 3.65. The Morgan fingerprint density at radius 3 is 2.46 bits per heavy atom. The van der Waals surface area contributed by atoms with E-state index in [1.165, 1.54) is 36.5 Å². The van der Waals surface area contributed by atoms with Gasteiger partial charge in [0.1, 0.15) is 17.3 Å². The number of rotatable bonds is 4. The molecule has 0 atom stereocenters. The minimum atomic E-state index is -2.14. The SMILES string of the molecule is Cc1onc(-c2ccc(F)cc2)c1C(=O)c1c[nH]c(C(=O)C(Cl)(Cl)Cl)c1. The van der Waals surface area contributed by atoms with Gasteiger partial charge < -0.3 is 9.51 Å². The van der Waals surface area contributed by atoms with Crippen molar-refractivity contribution in [3.8, 4) is 11.3 Å². The second-order valence-corrected chi connectivity index (χ2v) is 7.71. The Kier molecular flexibility index (Phi) is 4.92. The number of nitrogens with zero attached hydrogens (tertiary/aromatic N) is 1. The number of hydrogen-bond donors (Lipinski definition) is 1. The Labute approximate surface area is 162 Å². The maximum absolute atomic E-state index is 13.1. The zero-order chi connectivity index (χ0) is 19.1. The Bertz CT molecular complexity index is 988. The number of carbonyl (C=O) groups is 2. The number of aromatic nitrogens is 2. The summed E-state index contributed by atoms with van der Waals surface area (Å²) in [6, 6.07) is 6.76. The van der Waals surface area contributed by atoms with E-state index in [4.69, 9.17) is 39.3 Å². The first-order valence-electron chi connectivity index (χ1n) is 7.25. The number of ketones is 2. The van der Waals surface area contributed by atoms with Gasteiger partial charge in [-0.3, -0.25) is 9.59 Å². The van der Waals surface area contributed by atoms with Gasteiger partial charge in [-0.05, 0) is 37.3 Å². The summed E-state index contributed by atoms with van der Waals surface area (Å²) in [5.74, 6) is -1.36. The number of H-pyrrole nitrogens is 1. The molecule has 1 aromatic carbocycles. The van der Waals surface area contributed by atoms with E-state index in [0.29, 0.717) is 5.56 Å². The van der Waals surface area contributed by atoms with Crippen LogP contribution in [0.15, 0.2) is 41.1 Å². The monoisotopic (exact) mass is 414 g/mol. The number of aryl methyl sites for hydroxylation is 1. The summed E-state index contributed by atoms with van der Waals surface area (Å²) in [5.41, 5.74) is 1.12. The van der Waals surface area contributed by atoms with E-state index in [9.17, 15) is 14.0 Å². The van der Waals surface area contributed by atoms with Crippen molar-refractivity contribution >= 4 is 46.4 Å². The molecule has 5 nitrogen and oxygen atoms in total. The first-order valence-corrected chi connectivity index (χ1v) is 8.38. The molecule has 0 saturated heterocycles. The van der Waals surface area contributed by atoms with E-state index in [1.807, 2.05) is 0 Å². The molecule has 26 heavy (non-hydrogen) atoms. The van der Waals surface area contributed by atoms with Gasteiger partial charge in [-0.25, -0.2) is 4.39 Å². The number of Topliss-reactive ketones (excluding diaryl/α,β-unsaturated/α-hetero) is 1. The number of alkyl halides is 3. The van der Waals surface area contributed by atoms with Crippen molar-refractivity contribution < 1.29 is 18.5 Å². The summed E-state index contributed by atoms with van der Waals surface area (Å²) in [6.45, 7) is 1.58. The van der Waals surface area contributed by atoms with Crippen molar-refractivity contribution in [2.75, 3.05) is 0 Å². The van der Waals surface area contributed by atoms with Gasteiger partial charge in [-0.2, -0.15) is 0 Å². The largest absolute Gasteiger partial charge is 0.360 e. The van der Waals surface area contributed by atoms with Gasteiger partial charge in [0.15, 0.2) is 5.78 Å². The molecule has 0 fully saturated rings. The number of halogens is 4. The summed E-state index contributed by atoms with van der Waals surface area (Å²) < 4.78 is 16.1. The summed E-state index contributed by atoms with van der Waals surface area (Å²) in [5, 5.41) is 3.88. The highest BCUT2D eigenvalue weighted by Crippen LogP contribution is 2.31. The lowest BCUT2D eigenvalue weighted by Crippen LogP contribution is -2.19. The smallest absolute Gasteiger partial charge is 0.254 e. The molecule has 0 saturated carbocycles. The van der Waals surface area contributed by atoms with Crippen LogP contribution in [-0.4, -0.2) is 25.5 Å².